The zero-order chi connectivity index (χ0) is 10.2. The van der Waals surface area contributed by atoms with Crippen LogP contribution in [0.1, 0.15) is 16.2 Å². The maximum atomic E-state index is 10.8. The molecule has 0 spiro atoms. The summed E-state index contributed by atoms with van der Waals surface area (Å²) in [5.74, 6) is 0. The van der Waals surface area contributed by atoms with Crippen LogP contribution in [-0.4, -0.2) is 19.9 Å². The molecule has 7 heteroatoms. The van der Waals surface area contributed by atoms with E-state index in [1.807, 2.05) is 0 Å². The minimum Gasteiger partial charge on any atom is -0.274 e. The smallest absolute Gasteiger partial charge is 0.274 e. The van der Waals surface area contributed by atoms with Gasteiger partial charge in [-0.05, 0) is 18.5 Å². The summed E-state index contributed by atoms with van der Waals surface area (Å²) in [5, 5.41) is 13.3. The molecule has 0 fully saturated rings. The third-order valence-corrected chi connectivity index (χ3v) is 1.74. The molecular weight excluding hydrogens is 198 g/mol. The lowest BCUT2D eigenvalue weighted by molar-refractivity contribution is -0.385. The van der Waals surface area contributed by atoms with E-state index < -0.39 is 10.2 Å². The van der Waals surface area contributed by atoms with E-state index in [2.05, 4.69) is 5.10 Å². The monoisotopic (exact) mass is 203 g/mol. The molecule has 0 bridgehead atoms. The largest absolute Gasteiger partial charge is 0.322 e. The SMILES string of the molecule is Cc1nn(C)c(C(=O)Cl)c1[N+](=O)[O-]. The first-order valence-electron chi connectivity index (χ1n) is 3.33. The van der Waals surface area contributed by atoms with Crippen molar-refractivity contribution in [1.29, 1.82) is 0 Å². The van der Waals surface area contributed by atoms with E-state index in [9.17, 15) is 14.9 Å². The van der Waals surface area contributed by atoms with E-state index in [0.717, 1.165) is 4.68 Å². The van der Waals surface area contributed by atoms with Crippen molar-refractivity contribution in [3.05, 3.63) is 21.5 Å². The van der Waals surface area contributed by atoms with Gasteiger partial charge < -0.3 is 0 Å². The Balaban J connectivity index is 3.47. The zero-order valence-corrected chi connectivity index (χ0v) is 7.70. The van der Waals surface area contributed by atoms with E-state index in [1.54, 1.807) is 0 Å². The van der Waals surface area contributed by atoms with Gasteiger partial charge in [0.25, 0.3) is 5.24 Å². The molecule has 13 heavy (non-hydrogen) atoms. The Morgan fingerprint density at radius 2 is 2.23 bits per heavy atom. The Bertz CT molecular complexity index is 350. The van der Waals surface area contributed by atoms with E-state index in [4.69, 9.17) is 11.6 Å². The summed E-state index contributed by atoms with van der Waals surface area (Å²) in [5.41, 5.74) is -0.344. The Morgan fingerprint density at radius 1 is 1.69 bits per heavy atom. The van der Waals surface area contributed by atoms with Gasteiger partial charge in [-0.1, -0.05) is 0 Å². The lowest BCUT2D eigenvalue weighted by Crippen LogP contribution is -2.03. The van der Waals surface area contributed by atoms with Gasteiger partial charge in [0.1, 0.15) is 5.69 Å². The van der Waals surface area contributed by atoms with Crippen LogP contribution >= 0.6 is 11.6 Å². The number of carbonyl (C=O) groups excluding carboxylic acids is 1. The number of aryl methyl sites for hydroxylation is 2. The number of aromatic nitrogens is 2. The highest BCUT2D eigenvalue weighted by Crippen LogP contribution is 2.23. The van der Waals surface area contributed by atoms with Crippen molar-refractivity contribution in [2.75, 3.05) is 0 Å². The second kappa shape index (κ2) is 3.14. The number of hydrogen-bond acceptors (Lipinski definition) is 4. The Labute approximate surface area is 78.3 Å². The molecule has 0 aliphatic carbocycles. The molecule has 1 aromatic heterocycles. The number of nitrogens with zero attached hydrogens (tertiary/aromatic N) is 3. The molecule has 0 amide bonds. The number of rotatable bonds is 2. The minimum absolute atomic E-state index is 0.177. The molecule has 1 aromatic rings. The van der Waals surface area contributed by atoms with Gasteiger partial charge in [-0.3, -0.25) is 19.6 Å². The second-order valence-electron chi connectivity index (χ2n) is 2.44. The first kappa shape index (κ1) is 9.66. The maximum absolute atomic E-state index is 10.8. The third kappa shape index (κ3) is 1.52. The van der Waals surface area contributed by atoms with E-state index in [1.165, 1.54) is 14.0 Å². The van der Waals surface area contributed by atoms with Crippen molar-refractivity contribution < 1.29 is 9.72 Å². The van der Waals surface area contributed by atoms with Crippen molar-refractivity contribution in [2.24, 2.45) is 7.05 Å². The molecule has 0 saturated carbocycles. The minimum atomic E-state index is -0.880. The third-order valence-electron chi connectivity index (χ3n) is 1.56. The van der Waals surface area contributed by atoms with Crippen molar-refractivity contribution in [2.45, 2.75) is 6.92 Å². The summed E-state index contributed by atoms with van der Waals surface area (Å²) < 4.78 is 1.10. The molecule has 0 saturated heterocycles. The summed E-state index contributed by atoms with van der Waals surface area (Å²) in [7, 11) is 1.43. The van der Waals surface area contributed by atoms with E-state index >= 15 is 0 Å². The summed E-state index contributed by atoms with van der Waals surface area (Å²) in [4.78, 5) is 20.6. The zero-order valence-electron chi connectivity index (χ0n) is 6.94. The molecule has 0 aromatic carbocycles. The van der Waals surface area contributed by atoms with Crippen LogP contribution in [-0.2, 0) is 7.05 Å². The topological polar surface area (TPSA) is 78.0 Å². The van der Waals surface area contributed by atoms with Crippen LogP contribution in [0.25, 0.3) is 0 Å². The quantitative estimate of drug-likeness (QED) is 0.408. The number of halogens is 1. The van der Waals surface area contributed by atoms with Crippen molar-refractivity contribution in [3.63, 3.8) is 0 Å². The molecule has 6 nitrogen and oxygen atoms in total. The Morgan fingerprint density at radius 3 is 2.54 bits per heavy atom. The second-order valence-corrected chi connectivity index (χ2v) is 2.78. The number of hydrogen-bond donors (Lipinski definition) is 0. The fourth-order valence-corrected chi connectivity index (χ4v) is 1.30. The summed E-state index contributed by atoms with van der Waals surface area (Å²) in [6.45, 7) is 1.45. The van der Waals surface area contributed by atoms with Gasteiger partial charge in [0.15, 0.2) is 5.69 Å². The van der Waals surface area contributed by atoms with E-state index in [-0.39, 0.29) is 17.1 Å². The Hall–Kier alpha value is -1.43. The molecule has 70 valence electrons. The molecule has 0 aliphatic heterocycles. The van der Waals surface area contributed by atoms with Gasteiger partial charge >= 0.3 is 5.69 Å². The van der Waals surface area contributed by atoms with Gasteiger partial charge in [0.2, 0.25) is 0 Å². The molecule has 1 rings (SSSR count). The fraction of sp³-hybridized carbons (Fsp3) is 0.333. The predicted molar refractivity (Wildman–Crippen MR) is 44.8 cm³/mol. The van der Waals surface area contributed by atoms with Crippen LogP contribution < -0.4 is 0 Å². The van der Waals surface area contributed by atoms with Crippen LogP contribution in [0, 0.1) is 17.0 Å². The summed E-state index contributed by atoms with van der Waals surface area (Å²) in [6, 6.07) is 0. The highest BCUT2D eigenvalue weighted by molar-refractivity contribution is 6.68. The number of nitro groups is 1. The average Bonchev–Trinajstić information content (AvgIpc) is 2.24. The fourth-order valence-electron chi connectivity index (χ4n) is 1.09. The van der Waals surface area contributed by atoms with Crippen LogP contribution in [0.4, 0.5) is 5.69 Å². The lowest BCUT2D eigenvalue weighted by atomic mass is 10.3. The summed E-state index contributed by atoms with van der Waals surface area (Å²) in [6.07, 6.45) is 0. The van der Waals surface area contributed by atoms with Gasteiger partial charge in [-0.2, -0.15) is 5.10 Å². The van der Waals surface area contributed by atoms with Crippen molar-refractivity contribution in [3.8, 4) is 0 Å². The normalized spacial score (nSPS) is 10.1. The molecule has 0 radical (unpaired) electrons. The highest BCUT2D eigenvalue weighted by atomic mass is 35.5. The predicted octanol–water partition coefficient (Wildman–Crippen LogP) is 1.02. The van der Waals surface area contributed by atoms with Crippen LogP contribution in [0.15, 0.2) is 0 Å². The first-order chi connectivity index (χ1) is 5.95. The van der Waals surface area contributed by atoms with Crippen LogP contribution in [0.5, 0.6) is 0 Å². The first-order valence-corrected chi connectivity index (χ1v) is 3.70. The highest BCUT2D eigenvalue weighted by Gasteiger charge is 2.27. The molecule has 0 atom stereocenters. The Kier molecular flexibility index (Phi) is 2.33. The molecule has 0 unspecified atom stereocenters. The standard InChI is InChI=1S/C6H6ClN3O3/c1-3-4(10(12)13)5(6(7)11)9(2)8-3/h1-2H3. The van der Waals surface area contributed by atoms with Crippen molar-refractivity contribution >= 4 is 22.5 Å². The molecular formula is C6H6ClN3O3. The maximum Gasteiger partial charge on any atom is 0.322 e. The van der Waals surface area contributed by atoms with Gasteiger partial charge in [0, 0.05) is 7.05 Å². The van der Waals surface area contributed by atoms with E-state index in [0.29, 0.717) is 0 Å². The molecule has 1 heterocycles. The summed E-state index contributed by atoms with van der Waals surface area (Å²) >= 11 is 5.17. The van der Waals surface area contributed by atoms with Crippen molar-refractivity contribution in [1.82, 2.24) is 9.78 Å². The van der Waals surface area contributed by atoms with Gasteiger partial charge in [-0.25, -0.2) is 0 Å². The van der Waals surface area contributed by atoms with Crippen LogP contribution in [0.2, 0.25) is 0 Å². The van der Waals surface area contributed by atoms with Gasteiger partial charge in [0.05, 0.1) is 4.92 Å². The van der Waals surface area contributed by atoms with Gasteiger partial charge in [-0.15, -0.1) is 0 Å². The number of carbonyl (C=O) groups is 1. The lowest BCUT2D eigenvalue weighted by Gasteiger charge is -1.92. The molecule has 0 aliphatic rings. The molecule has 0 N–H and O–H groups in total. The average molecular weight is 204 g/mol. The van der Waals surface area contributed by atoms with Crippen LogP contribution in [0.3, 0.4) is 0 Å².